The number of anilines is 2. The Hall–Kier alpha value is -3.65. The van der Waals surface area contributed by atoms with Crippen molar-refractivity contribution >= 4 is 28.5 Å². The predicted molar refractivity (Wildman–Crippen MR) is 108 cm³/mol. The van der Waals surface area contributed by atoms with Gasteiger partial charge in [-0.3, -0.25) is 9.89 Å². The van der Waals surface area contributed by atoms with E-state index in [2.05, 4.69) is 20.5 Å². The smallest absolute Gasteiger partial charge is 0.299 e. The molecule has 0 aliphatic carbocycles. The van der Waals surface area contributed by atoms with Crippen LogP contribution in [0.4, 0.5) is 11.7 Å². The fourth-order valence-electron chi connectivity index (χ4n) is 3.34. The number of aromatic nitrogens is 3. The number of nitrogens with one attached hydrogen (secondary N) is 2. The molecular formula is C21H19N5O3. The van der Waals surface area contributed by atoms with Gasteiger partial charge in [0.25, 0.3) is 11.9 Å². The molecule has 1 fully saturated rings. The van der Waals surface area contributed by atoms with Crippen LogP contribution in [-0.4, -0.2) is 52.3 Å². The lowest BCUT2D eigenvalue weighted by Crippen LogP contribution is -2.40. The van der Waals surface area contributed by atoms with Crippen molar-refractivity contribution in [2.75, 3.05) is 31.6 Å². The van der Waals surface area contributed by atoms with Gasteiger partial charge in [-0.25, -0.2) is 4.98 Å². The van der Waals surface area contributed by atoms with Gasteiger partial charge in [0.15, 0.2) is 5.76 Å². The normalized spacial score (nSPS) is 14.3. The average molecular weight is 389 g/mol. The van der Waals surface area contributed by atoms with Crippen LogP contribution in [0.1, 0.15) is 10.4 Å². The first-order valence-corrected chi connectivity index (χ1v) is 9.40. The highest BCUT2D eigenvalue weighted by Gasteiger charge is 2.18. The van der Waals surface area contributed by atoms with Crippen molar-refractivity contribution in [1.82, 2.24) is 20.1 Å². The molecular weight excluding hydrogens is 370 g/mol. The highest BCUT2D eigenvalue weighted by Crippen LogP contribution is 2.26. The van der Waals surface area contributed by atoms with E-state index in [9.17, 15) is 4.79 Å². The van der Waals surface area contributed by atoms with Crippen LogP contribution in [0.5, 0.6) is 0 Å². The molecule has 5 rings (SSSR count). The molecule has 0 atom stereocenters. The molecule has 1 amide bonds. The van der Waals surface area contributed by atoms with E-state index in [4.69, 9.17) is 9.15 Å². The van der Waals surface area contributed by atoms with Crippen molar-refractivity contribution in [3.05, 3.63) is 60.4 Å². The first-order chi connectivity index (χ1) is 14.3. The van der Waals surface area contributed by atoms with Crippen LogP contribution < -0.4 is 5.32 Å². The Kier molecular flexibility index (Phi) is 4.45. The number of hydrogen-bond donors (Lipinski definition) is 2. The van der Waals surface area contributed by atoms with Gasteiger partial charge in [-0.2, -0.15) is 5.10 Å². The summed E-state index contributed by atoms with van der Waals surface area (Å²) in [6.07, 6.45) is 3.43. The molecule has 4 aromatic rings. The van der Waals surface area contributed by atoms with Crippen molar-refractivity contribution in [3.8, 4) is 11.3 Å². The third-order valence-corrected chi connectivity index (χ3v) is 4.91. The van der Waals surface area contributed by atoms with Gasteiger partial charge in [-0.1, -0.05) is 12.1 Å². The van der Waals surface area contributed by atoms with E-state index in [1.54, 1.807) is 12.4 Å². The number of ether oxygens (including phenoxy) is 1. The molecule has 8 nitrogen and oxygen atoms in total. The number of nitrogens with zero attached hydrogens (tertiary/aromatic N) is 3. The standard InChI is InChI=1S/C21H19N5O3/c27-20(26-7-9-28-10-8-26)15-3-1-14(2-4-15)19-13-22-21(29-19)24-17-5-6-18-16(11-17)12-23-25-18/h1-6,11-13H,7-10H2,(H,22,24)(H,23,25). The number of morpholine rings is 1. The maximum atomic E-state index is 12.5. The molecule has 2 aromatic heterocycles. The maximum Gasteiger partial charge on any atom is 0.299 e. The minimum atomic E-state index is 0.0226. The molecule has 2 aromatic carbocycles. The number of H-pyrrole nitrogens is 1. The van der Waals surface area contributed by atoms with Crippen molar-refractivity contribution in [3.63, 3.8) is 0 Å². The van der Waals surface area contributed by atoms with Crippen molar-refractivity contribution in [2.45, 2.75) is 0 Å². The van der Waals surface area contributed by atoms with E-state index in [1.165, 1.54) is 0 Å². The Morgan fingerprint density at radius 3 is 2.72 bits per heavy atom. The molecule has 1 saturated heterocycles. The fourth-order valence-corrected chi connectivity index (χ4v) is 3.34. The molecule has 0 saturated carbocycles. The lowest BCUT2D eigenvalue weighted by molar-refractivity contribution is 0.0303. The summed E-state index contributed by atoms with van der Waals surface area (Å²) < 4.78 is 11.1. The van der Waals surface area contributed by atoms with Gasteiger partial charge < -0.3 is 19.4 Å². The minimum absolute atomic E-state index is 0.0226. The lowest BCUT2D eigenvalue weighted by Gasteiger charge is -2.26. The van der Waals surface area contributed by atoms with Gasteiger partial charge in [-0.05, 0) is 30.3 Å². The van der Waals surface area contributed by atoms with Crippen LogP contribution >= 0.6 is 0 Å². The maximum absolute atomic E-state index is 12.5. The zero-order valence-electron chi connectivity index (χ0n) is 15.6. The molecule has 29 heavy (non-hydrogen) atoms. The molecule has 2 N–H and O–H groups in total. The first-order valence-electron chi connectivity index (χ1n) is 9.40. The number of carbonyl (C=O) groups is 1. The molecule has 1 aliphatic rings. The van der Waals surface area contributed by atoms with Gasteiger partial charge in [0, 0.05) is 35.3 Å². The molecule has 146 valence electrons. The van der Waals surface area contributed by atoms with Gasteiger partial charge in [0.2, 0.25) is 0 Å². The first kappa shape index (κ1) is 17.4. The second-order valence-electron chi connectivity index (χ2n) is 6.81. The van der Waals surface area contributed by atoms with E-state index in [1.807, 2.05) is 47.4 Å². The van der Waals surface area contributed by atoms with Crippen molar-refractivity contribution in [1.29, 1.82) is 0 Å². The summed E-state index contributed by atoms with van der Waals surface area (Å²) in [5.74, 6) is 0.650. The highest BCUT2D eigenvalue weighted by molar-refractivity contribution is 5.94. The van der Waals surface area contributed by atoms with E-state index < -0.39 is 0 Å². The largest absolute Gasteiger partial charge is 0.423 e. The molecule has 0 spiro atoms. The van der Waals surface area contributed by atoms with E-state index in [0.29, 0.717) is 43.6 Å². The topological polar surface area (TPSA) is 96.3 Å². The Morgan fingerprint density at radius 1 is 1.07 bits per heavy atom. The third kappa shape index (κ3) is 3.57. The highest BCUT2D eigenvalue weighted by atomic mass is 16.5. The summed E-state index contributed by atoms with van der Waals surface area (Å²) in [5, 5.41) is 11.1. The number of hydrogen-bond acceptors (Lipinski definition) is 6. The number of amides is 1. The second-order valence-corrected chi connectivity index (χ2v) is 6.81. The number of carbonyl (C=O) groups excluding carboxylic acids is 1. The summed E-state index contributed by atoms with van der Waals surface area (Å²) in [4.78, 5) is 18.7. The molecule has 0 unspecified atom stereocenters. The SMILES string of the molecule is O=C(c1ccc(-c2cnc(Nc3ccc4[nH]ncc4c3)o2)cc1)N1CCOCC1. The summed E-state index contributed by atoms with van der Waals surface area (Å²) in [6.45, 7) is 2.43. The molecule has 8 heteroatoms. The van der Waals surface area contributed by atoms with Crippen molar-refractivity contribution < 1.29 is 13.9 Å². The van der Waals surface area contributed by atoms with Crippen LogP contribution in [0.15, 0.2) is 59.3 Å². The van der Waals surface area contributed by atoms with Crippen LogP contribution in [0.2, 0.25) is 0 Å². The van der Waals surface area contributed by atoms with Crippen LogP contribution in [0.3, 0.4) is 0 Å². The molecule has 3 heterocycles. The van der Waals surface area contributed by atoms with E-state index in [-0.39, 0.29) is 5.91 Å². The average Bonchev–Trinajstić information content (AvgIpc) is 3.43. The van der Waals surface area contributed by atoms with Gasteiger partial charge in [0.1, 0.15) is 0 Å². The minimum Gasteiger partial charge on any atom is -0.423 e. The number of benzene rings is 2. The quantitative estimate of drug-likeness (QED) is 0.555. The Balaban J connectivity index is 1.30. The molecule has 0 bridgehead atoms. The monoisotopic (exact) mass is 389 g/mol. The molecule has 1 aliphatic heterocycles. The van der Waals surface area contributed by atoms with Gasteiger partial charge >= 0.3 is 0 Å². The summed E-state index contributed by atoms with van der Waals surface area (Å²) in [5.41, 5.74) is 3.34. The van der Waals surface area contributed by atoms with Crippen molar-refractivity contribution in [2.24, 2.45) is 0 Å². The Labute approximate surface area is 166 Å². The summed E-state index contributed by atoms with van der Waals surface area (Å²) in [6, 6.07) is 13.6. The zero-order valence-corrected chi connectivity index (χ0v) is 15.6. The Bertz CT molecular complexity index is 1140. The zero-order chi connectivity index (χ0) is 19.6. The van der Waals surface area contributed by atoms with Crippen LogP contribution in [0, 0.1) is 0 Å². The molecule has 0 radical (unpaired) electrons. The summed E-state index contributed by atoms with van der Waals surface area (Å²) >= 11 is 0. The van der Waals surface area contributed by atoms with Gasteiger partial charge in [0.05, 0.1) is 31.1 Å². The predicted octanol–water partition coefficient (Wildman–Crippen LogP) is 3.43. The third-order valence-electron chi connectivity index (χ3n) is 4.91. The Morgan fingerprint density at radius 2 is 1.90 bits per heavy atom. The lowest BCUT2D eigenvalue weighted by atomic mass is 10.1. The second kappa shape index (κ2) is 7.40. The number of oxazole rings is 1. The van der Waals surface area contributed by atoms with Gasteiger partial charge in [-0.15, -0.1) is 0 Å². The van der Waals surface area contributed by atoms with E-state index in [0.717, 1.165) is 22.2 Å². The number of aromatic amines is 1. The van der Waals surface area contributed by atoms with Crippen LogP contribution in [0.25, 0.3) is 22.2 Å². The van der Waals surface area contributed by atoms with E-state index >= 15 is 0 Å². The summed E-state index contributed by atoms with van der Waals surface area (Å²) in [7, 11) is 0. The number of rotatable bonds is 4. The fraction of sp³-hybridized carbons (Fsp3) is 0.190. The van der Waals surface area contributed by atoms with Crippen LogP contribution in [-0.2, 0) is 4.74 Å². The number of fused-ring (bicyclic) bond motifs is 1.